The molecule has 1 aromatic rings. The first-order valence-electron chi connectivity index (χ1n) is 6.35. The van der Waals surface area contributed by atoms with Gasteiger partial charge in [-0.05, 0) is 25.3 Å². The fraction of sp³-hybridized carbons (Fsp3) is 0.538. The van der Waals surface area contributed by atoms with Crippen LogP contribution in [0.5, 0.6) is 0 Å². The Balaban J connectivity index is 2.00. The Morgan fingerprint density at radius 3 is 2.80 bits per heavy atom. The standard InChI is InChI=1S/C13H14ClF3N2O/c14-11-4-5-18-7-10(11)12(20)19-9-3-1-2-8(6-9)13(15,16)17/h4-5,7-9H,1-3,6H2,(H,19,20). The number of hydrogen-bond acceptors (Lipinski definition) is 2. The number of halogens is 4. The van der Waals surface area contributed by atoms with E-state index >= 15 is 0 Å². The number of nitrogens with one attached hydrogen (secondary N) is 1. The number of nitrogens with zero attached hydrogens (tertiary/aromatic N) is 1. The first kappa shape index (κ1) is 15.1. The normalized spacial score (nSPS) is 23.4. The molecule has 20 heavy (non-hydrogen) atoms. The zero-order valence-corrected chi connectivity index (χ0v) is 11.3. The smallest absolute Gasteiger partial charge is 0.349 e. The Labute approximate surface area is 119 Å². The lowest BCUT2D eigenvalue weighted by molar-refractivity contribution is -0.183. The minimum absolute atomic E-state index is 0.0763. The van der Waals surface area contributed by atoms with Crippen LogP contribution in [0.25, 0.3) is 0 Å². The van der Waals surface area contributed by atoms with Crippen molar-refractivity contribution in [2.45, 2.75) is 37.9 Å². The van der Waals surface area contributed by atoms with Crippen molar-refractivity contribution in [3.05, 3.63) is 29.0 Å². The third-order valence-corrected chi connectivity index (χ3v) is 3.81. The summed E-state index contributed by atoms with van der Waals surface area (Å²) in [5.41, 5.74) is 0.184. The van der Waals surface area contributed by atoms with Crippen LogP contribution in [0.2, 0.25) is 5.02 Å². The highest BCUT2D eigenvalue weighted by Crippen LogP contribution is 2.37. The van der Waals surface area contributed by atoms with Gasteiger partial charge in [0.1, 0.15) is 0 Å². The fourth-order valence-corrected chi connectivity index (χ4v) is 2.62. The van der Waals surface area contributed by atoms with Gasteiger partial charge in [0.2, 0.25) is 0 Å². The summed E-state index contributed by atoms with van der Waals surface area (Å²) in [6.45, 7) is 0. The predicted molar refractivity (Wildman–Crippen MR) is 68.5 cm³/mol. The number of pyridine rings is 1. The van der Waals surface area contributed by atoms with Gasteiger partial charge in [-0.1, -0.05) is 18.0 Å². The largest absolute Gasteiger partial charge is 0.391 e. The Bertz CT molecular complexity index is 493. The van der Waals surface area contributed by atoms with Gasteiger partial charge in [0.25, 0.3) is 5.91 Å². The lowest BCUT2D eigenvalue weighted by Gasteiger charge is -2.31. The molecule has 0 saturated heterocycles. The molecule has 1 N–H and O–H groups in total. The lowest BCUT2D eigenvalue weighted by atomic mass is 9.85. The summed E-state index contributed by atoms with van der Waals surface area (Å²) in [4.78, 5) is 15.8. The molecule has 7 heteroatoms. The topological polar surface area (TPSA) is 42.0 Å². The molecule has 0 aromatic carbocycles. The Morgan fingerprint density at radius 2 is 2.15 bits per heavy atom. The summed E-state index contributed by atoms with van der Waals surface area (Å²) >= 11 is 5.86. The SMILES string of the molecule is O=C(NC1CCCC(C(F)(F)F)C1)c1cnccc1Cl. The van der Waals surface area contributed by atoms with Crippen LogP contribution in [0.4, 0.5) is 13.2 Å². The van der Waals surface area contributed by atoms with Crippen LogP contribution < -0.4 is 5.32 Å². The van der Waals surface area contributed by atoms with E-state index in [1.165, 1.54) is 18.5 Å². The molecular weight excluding hydrogens is 293 g/mol. The van der Waals surface area contributed by atoms with Gasteiger partial charge in [0.15, 0.2) is 0 Å². The van der Waals surface area contributed by atoms with Crippen molar-refractivity contribution in [3.63, 3.8) is 0 Å². The van der Waals surface area contributed by atoms with E-state index in [0.29, 0.717) is 12.8 Å². The van der Waals surface area contributed by atoms with E-state index < -0.39 is 24.0 Å². The molecule has 1 aliphatic carbocycles. The molecule has 110 valence electrons. The highest BCUT2D eigenvalue weighted by atomic mass is 35.5. The molecule has 1 aliphatic rings. The summed E-state index contributed by atoms with van der Waals surface area (Å²) in [6.07, 6.45) is -0.390. The minimum atomic E-state index is -4.20. The van der Waals surface area contributed by atoms with E-state index in [2.05, 4.69) is 10.3 Å². The average Bonchev–Trinajstić information content (AvgIpc) is 2.38. The molecule has 1 heterocycles. The average molecular weight is 307 g/mol. The zero-order chi connectivity index (χ0) is 14.8. The highest BCUT2D eigenvalue weighted by Gasteiger charge is 2.42. The predicted octanol–water partition coefficient (Wildman–Crippen LogP) is 3.59. The molecule has 2 atom stereocenters. The van der Waals surface area contributed by atoms with Crippen molar-refractivity contribution in [1.82, 2.24) is 10.3 Å². The van der Waals surface area contributed by atoms with Crippen LogP contribution in [-0.2, 0) is 0 Å². The van der Waals surface area contributed by atoms with Crippen LogP contribution in [0.15, 0.2) is 18.5 Å². The second kappa shape index (κ2) is 5.99. The van der Waals surface area contributed by atoms with E-state index in [4.69, 9.17) is 11.6 Å². The molecule has 1 aromatic heterocycles. The molecule has 0 aliphatic heterocycles. The number of aromatic nitrogens is 1. The van der Waals surface area contributed by atoms with Gasteiger partial charge in [0.05, 0.1) is 16.5 Å². The molecular formula is C13H14ClF3N2O. The van der Waals surface area contributed by atoms with Gasteiger partial charge < -0.3 is 5.32 Å². The van der Waals surface area contributed by atoms with Gasteiger partial charge in [-0.15, -0.1) is 0 Å². The second-order valence-corrected chi connectivity index (χ2v) is 5.34. The molecule has 1 saturated carbocycles. The Kier molecular flexibility index (Phi) is 4.52. The van der Waals surface area contributed by atoms with E-state index in [1.54, 1.807) is 0 Å². The first-order chi connectivity index (χ1) is 9.38. The van der Waals surface area contributed by atoms with Crippen LogP contribution in [0.1, 0.15) is 36.0 Å². The molecule has 1 amide bonds. The monoisotopic (exact) mass is 306 g/mol. The summed E-state index contributed by atoms with van der Waals surface area (Å²) in [7, 11) is 0. The number of carbonyl (C=O) groups is 1. The quantitative estimate of drug-likeness (QED) is 0.907. The van der Waals surface area contributed by atoms with Gasteiger partial charge >= 0.3 is 6.18 Å². The van der Waals surface area contributed by atoms with E-state index in [-0.39, 0.29) is 23.4 Å². The van der Waals surface area contributed by atoms with Crippen molar-refractivity contribution in [2.75, 3.05) is 0 Å². The van der Waals surface area contributed by atoms with Crippen molar-refractivity contribution >= 4 is 17.5 Å². The number of carbonyl (C=O) groups excluding carboxylic acids is 1. The molecule has 0 spiro atoms. The maximum atomic E-state index is 12.7. The summed E-state index contributed by atoms with van der Waals surface area (Å²) in [5, 5.41) is 2.85. The van der Waals surface area contributed by atoms with Crippen LogP contribution in [0, 0.1) is 5.92 Å². The summed E-state index contributed by atoms with van der Waals surface area (Å²) in [6, 6.07) is 0.995. The number of alkyl halides is 3. The molecule has 3 nitrogen and oxygen atoms in total. The first-order valence-corrected chi connectivity index (χ1v) is 6.73. The molecule has 2 rings (SSSR count). The molecule has 2 unspecified atom stereocenters. The third kappa shape index (κ3) is 3.62. The second-order valence-electron chi connectivity index (χ2n) is 4.93. The molecule has 0 radical (unpaired) electrons. The zero-order valence-electron chi connectivity index (χ0n) is 10.6. The van der Waals surface area contributed by atoms with Crippen LogP contribution in [-0.4, -0.2) is 23.1 Å². The van der Waals surface area contributed by atoms with Gasteiger partial charge in [-0.3, -0.25) is 9.78 Å². The third-order valence-electron chi connectivity index (χ3n) is 3.48. The van der Waals surface area contributed by atoms with Crippen molar-refractivity contribution in [1.29, 1.82) is 0 Å². The lowest BCUT2D eigenvalue weighted by Crippen LogP contribution is -2.41. The summed E-state index contributed by atoms with van der Waals surface area (Å²) in [5.74, 6) is -1.82. The maximum absolute atomic E-state index is 12.7. The number of amides is 1. The van der Waals surface area contributed by atoms with Gasteiger partial charge in [-0.25, -0.2) is 0 Å². The van der Waals surface area contributed by atoms with E-state index in [9.17, 15) is 18.0 Å². The van der Waals surface area contributed by atoms with Crippen molar-refractivity contribution < 1.29 is 18.0 Å². The van der Waals surface area contributed by atoms with Gasteiger partial charge in [0, 0.05) is 18.4 Å². The van der Waals surface area contributed by atoms with Crippen molar-refractivity contribution in [3.8, 4) is 0 Å². The summed E-state index contributed by atoms with van der Waals surface area (Å²) < 4.78 is 38.1. The number of hydrogen-bond donors (Lipinski definition) is 1. The Hall–Kier alpha value is -1.30. The molecule has 1 fully saturated rings. The van der Waals surface area contributed by atoms with E-state index in [1.807, 2.05) is 0 Å². The minimum Gasteiger partial charge on any atom is -0.349 e. The fourth-order valence-electron chi connectivity index (χ4n) is 2.43. The maximum Gasteiger partial charge on any atom is 0.391 e. The van der Waals surface area contributed by atoms with E-state index in [0.717, 1.165) is 0 Å². The van der Waals surface area contributed by atoms with Crippen LogP contribution >= 0.6 is 11.6 Å². The van der Waals surface area contributed by atoms with Crippen LogP contribution in [0.3, 0.4) is 0 Å². The van der Waals surface area contributed by atoms with Crippen molar-refractivity contribution in [2.24, 2.45) is 5.92 Å². The highest BCUT2D eigenvalue weighted by molar-refractivity contribution is 6.33. The number of rotatable bonds is 2. The molecule has 0 bridgehead atoms. The van der Waals surface area contributed by atoms with Gasteiger partial charge in [-0.2, -0.15) is 13.2 Å². The Morgan fingerprint density at radius 1 is 1.40 bits per heavy atom.